The van der Waals surface area contributed by atoms with Crippen LogP contribution in [0.1, 0.15) is 40.9 Å². The quantitative estimate of drug-likeness (QED) is 0.815. The van der Waals surface area contributed by atoms with Crippen molar-refractivity contribution in [3.05, 3.63) is 21.4 Å². The van der Waals surface area contributed by atoms with Crippen molar-refractivity contribution in [3.8, 4) is 0 Å². The fourth-order valence-electron chi connectivity index (χ4n) is 1.68. The molecule has 0 unspecified atom stereocenters. The topological polar surface area (TPSA) is 66.8 Å². The Hall–Kier alpha value is -0.560. The number of rotatable bonds is 2. The lowest BCUT2D eigenvalue weighted by atomic mass is 10.2. The molecule has 1 aliphatic heterocycles. The van der Waals surface area contributed by atoms with Crippen molar-refractivity contribution in [3.63, 3.8) is 0 Å². The maximum Gasteiger partial charge on any atom is 0.348 e. The van der Waals surface area contributed by atoms with Crippen LogP contribution in [0.15, 0.2) is 6.07 Å². The lowest BCUT2D eigenvalue weighted by molar-refractivity contribution is 0.0532. The van der Waals surface area contributed by atoms with Crippen LogP contribution in [0.5, 0.6) is 0 Å². The summed E-state index contributed by atoms with van der Waals surface area (Å²) in [5, 5.41) is 0. The molecule has 0 radical (unpaired) electrons. The van der Waals surface area contributed by atoms with Gasteiger partial charge in [-0.1, -0.05) is 13.8 Å². The van der Waals surface area contributed by atoms with E-state index < -0.39 is 10.6 Å². The smallest absolute Gasteiger partial charge is 0.348 e. The van der Waals surface area contributed by atoms with Gasteiger partial charge in [-0.05, 0) is 25.0 Å². The van der Waals surface area contributed by atoms with Gasteiger partial charge in [-0.15, -0.1) is 11.3 Å². The Morgan fingerprint density at radius 2 is 2.17 bits per heavy atom. The van der Waals surface area contributed by atoms with Crippen LogP contribution in [-0.2, 0) is 16.9 Å². The van der Waals surface area contributed by atoms with E-state index in [4.69, 9.17) is 4.74 Å². The highest BCUT2D eigenvalue weighted by Gasteiger charge is 2.25. The van der Waals surface area contributed by atoms with E-state index in [0.717, 1.165) is 10.4 Å². The number of carbonyl (C=O) groups excluding carboxylic acids is 1. The predicted molar refractivity (Wildman–Crippen MR) is 76.7 cm³/mol. The van der Waals surface area contributed by atoms with Crippen molar-refractivity contribution in [1.29, 1.82) is 0 Å². The van der Waals surface area contributed by atoms with E-state index in [2.05, 4.69) is 0 Å². The maximum atomic E-state index is 11.5. The molecule has 0 saturated carbocycles. The Balaban J connectivity index is 0.000000771. The summed E-state index contributed by atoms with van der Waals surface area (Å²) < 4.78 is 24.1. The molecule has 2 rings (SSSR count). The molecule has 2 heterocycles. The number of hydrogen-bond acceptors (Lipinski definition) is 5. The average molecular weight is 292 g/mol. The molecule has 0 aliphatic carbocycles. The maximum absolute atomic E-state index is 11.5. The van der Waals surface area contributed by atoms with Crippen molar-refractivity contribution in [2.24, 2.45) is 0 Å². The highest BCUT2D eigenvalue weighted by atomic mass is 32.3. The van der Waals surface area contributed by atoms with Crippen molar-refractivity contribution in [2.45, 2.75) is 32.9 Å². The lowest BCUT2D eigenvalue weighted by Gasteiger charge is -2.35. The number of aryl methyl sites for hydroxylation is 1. The number of esters is 1. The summed E-state index contributed by atoms with van der Waals surface area (Å²) in [4.78, 5) is 13.1. The van der Waals surface area contributed by atoms with Crippen molar-refractivity contribution in [2.75, 3.05) is 12.4 Å². The third-order valence-electron chi connectivity index (χ3n) is 2.42. The van der Waals surface area contributed by atoms with Crippen molar-refractivity contribution < 1.29 is 18.6 Å². The van der Waals surface area contributed by atoms with E-state index in [1.165, 1.54) is 11.3 Å². The Kier molecular flexibility index (Phi) is 5.65. The van der Waals surface area contributed by atoms with Crippen LogP contribution in [0.3, 0.4) is 0 Å². The zero-order valence-electron chi connectivity index (χ0n) is 10.9. The summed E-state index contributed by atoms with van der Waals surface area (Å²) in [6, 6.07) is 1.73. The molecule has 104 valence electrons. The number of thiophene rings is 1. The first-order valence-electron chi connectivity index (χ1n) is 6.04. The van der Waals surface area contributed by atoms with Crippen LogP contribution in [0.2, 0.25) is 0 Å². The van der Waals surface area contributed by atoms with Crippen molar-refractivity contribution >= 4 is 27.9 Å². The molecule has 0 bridgehead atoms. The van der Waals surface area contributed by atoms with Crippen LogP contribution < -0.4 is 0 Å². The molecule has 18 heavy (non-hydrogen) atoms. The summed E-state index contributed by atoms with van der Waals surface area (Å²) in [5.41, 5.74) is 0.888. The molecule has 1 aliphatic rings. The first-order chi connectivity index (χ1) is 8.52. The van der Waals surface area contributed by atoms with Crippen LogP contribution in [-0.4, -0.2) is 27.4 Å². The van der Waals surface area contributed by atoms with E-state index in [1.807, 2.05) is 13.8 Å². The van der Waals surface area contributed by atoms with E-state index >= 15 is 0 Å². The van der Waals surface area contributed by atoms with Gasteiger partial charge in [0.2, 0.25) is 0 Å². The van der Waals surface area contributed by atoms with Gasteiger partial charge in [0.1, 0.15) is 4.88 Å². The van der Waals surface area contributed by atoms with Crippen LogP contribution in [0, 0.1) is 0 Å². The molecule has 0 saturated heterocycles. The molecular formula is C12H20O4S2. The fraction of sp³-hybridized carbons (Fsp3) is 0.583. The standard InChI is InChI=1S/C10H14O4S2.C2H6/c1-2-14-10(11)9-5-7-6-16(12,13)4-3-8(7)15-9;1-2/h5,12-13H,2-4,6H2,1H3;1-2H3. The Bertz CT molecular complexity index is 412. The van der Waals surface area contributed by atoms with Crippen LogP contribution in [0.4, 0.5) is 0 Å². The van der Waals surface area contributed by atoms with E-state index in [-0.39, 0.29) is 11.7 Å². The minimum Gasteiger partial charge on any atom is -0.462 e. The largest absolute Gasteiger partial charge is 0.462 e. The SMILES string of the molecule is CC.CCOC(=O)c1cc2c(s1)CCS(O)(O)C2. The average Bonchev–Trinajstić information content (AvgIpc) is 2.73. The van der Waals surface area contributed by atoms with Gasteiger partial charge in [-0.25, -0.2) is 4.79 Å². The molecule has 0 atom stereocenters. The first-order valence-corrected chi connectivity index (χ1v) is 8.74. The number of hydrogen-bond donors (Lipinski definition) is 2. The molecule has 1 aromatic heterocycles. The Morgan fingerprint density at radius 1 is 1.50 bits per heavy atom. The second-order valence-corrected chi connectivity index (χ2v) is 7.12. The molecular weight excluding hydrogens is 272 g/mol. The highest BCUT2D eigenvalue weighted by molar-refractivity contribution is 8.23. The zero-order chi connectivity index (χ0) is 13.8. The van der Waals surface area contributed by atoms with Gasteiger partial charge in [-0.3, -0.25) is 9.11 Å². The highest BCUT2D eigenvalue weighted by Crippen LogP contribution is 2.48. The molecule has 0 amide bonds. The summed E-state index contributed by atoms with van der Waals surface area (Å²) in [7, 11) is -2.47. The second kappa shape index (κ2) is 6.56. The van der Waals surface area contributed by atoms with Gasteiger partial charge >= 0.3 is 5.97 Å². The van der Waals surface area contributed by atoms with Gasteiger partial charge in [0.15, 0.2) is 0 Å². The molecule has 0 spiro atoms. The summed E-state index contributed by atoms with van der Waals surface area (Å²) >= 11 is 1.40. The monoisotopic (exact) mass is 292 g/mol. The van der Waals surface area contributed by atoms with Crippen LogP contribution in [0.25, 0.3) is 0 Å². The fourth-order valence-corrected chi connectivity index (χ4v) is 4.41. The molecule has 1 aromatic rings. The van der Waals surface area contributed by atoms with E-state index in [0.29, 0.717) is 23.7 Å². The van der Waals surface area contributed by atoms with E-state index in [1.54, 1.807) is 13.0 Å². The van der Waals surface area contributed by atoms with Gasteiger partial charge < -0.3 is 4.74 Å². The number of carbonyl (C=O) groups is 1. The number of ether oxygens (including phenoxy) is 1. The van der Waals surface area contributed by atoms with Gasteiger partial charge in [0.25, 0.3) is 0 Å². The second-order valence-electron chi connectivity index (χ2n) is 3.68. The summed E-state index contributed by atoms with van der Waals surface area (Å²) in [5.74, 6) is 0.361. The zero-order valence-corrected chi connectivity index (χ0v) is 12.6. The molecule has 2 N–H and O–H groups in total. The molecule has 6 heteroatoms. The first kappa shape index (κ1) is 15.5. The van der Waals surface area contributed by atoms with Gasteiger partial charge in [0, 0.05) is 10.6 Å². The predicted octanol–water partition coefficient (Wildman–Crippen LogP) is 3.76. The normalized spacial score (nSPS) is 18.1. The van der Waals surface area contributed by atoms with Gasteiger partial charge in [0.05, 0.1) is 12.4 Å². The summed E-state index contributed by atoms with van der Waals surface area (Å²) in [6.07, 6.45) is 0.641. The summed E-state index contributed by atoms with van der Waals surface area (Å²) in [6.45, 7) is 6.12. The third kappa shape index (κ3) is 3.71. The Morgan fingerprint density at radius 3 is 2.78 bits per heavy atom. The minimum atomic E-state index is -2.47. The van der Waals surface area contributed by atoms with E-state index in [9.17, 15) is 13.9 Å². The minimum absolute atomic E-state index is 0.276. The molecule has 4 nitrogen and oxygen atoms in total. The Labute approximate surface area is 113 Å². The lowest BCUT2D eigenvalue weighted by Crippen LogP contribution is -2.13. The number of fused-ring (bicyclic) bond motifs is 1. The van der Waals surface area contributed by atoms with Crippen molar-refractivity contribution in [1.82, 2.24) is 0 Å². The molecule has 0 fully saturated rings. The van der Waals surface area contributed by atoms with Gasteiger partial charge in [-0.2, -0.15) is 10.6 Å². The van der Waals surface area contributed by atoms with Crippen LogP contribution >= 0.6 is 21.9 Å². The third-order valence-corrected chi connectivity index (χ3v) is 5.26. The molecule has 0 aromatic carbocycles.